The number of carbonyl (C=O) groups excluding carboxylic acids is 1. The molecule has 7 heteroatoms. The number of rotatable bonds is 6. The highest BCUT2D eigenvalue weighted by Gasteiger charge is 2.25. The second-order valence-corrected chi connectivity index (χ2v) is 5.49. The van der Waals surface area contributed by atoms with Crippen LogP contribution in [0.4, 0.5) is 5.69 Å². The van der Waals surface area contributed by atoms with Gasteiger partial charge in [-0.1, -0.05) is 0 Å². The summed E-state index contributed by atoms with van der Waals surface area (Å²) in [6.07, 6.45) is 2.78. The first-order valence-electron chi connectivity index (χ1n) is 6.12. The molecule has 1 rings (SSSR count). The number of thioether (sulfide) groups is 1. The van der Waals surface area contributed by atoms with Crippen molar-refractivity contribution in [2.75, 3.05) is 19.1 Å². The lowest BCUT2D eigenvalue weighted by atomic mass is 10.1. The Morgan fingerprint density at radius 1 is 1.55 bits per heavy atom. The monoisotopic (exact) mass is 298 g/mol. The summed E-state index contributed by atoms with van der Waals surface area (Å²) in [5.74, 6) is 0.284. The molecule has 1 aromatic carbocycles. The van der Waals surface area contributed by atoms with E-state index in [0.29, 0.717) is 0 Å². The lowest BCUT2D eigenvalue weighted by Crippen LogP contribution is -2.35. The van der Waals surface area contributed by atoms with Crippen molar-refractivity contribution >= 4 is 23.4 Å². The molecule has 0 saturated heterocycles. The molecule has 0 aromatic heterocycles. The molecule has 0 aliphatic carbocycles. The Morgan fingerprint density at radius 3 is 2.75 bits per heavy atom. The number of hydrogen-bond acceptors (Lipinski definition) is 5. The third-order valence-electron chi connectivity index (χ3n) is 3.13. The Hall–Kier alpha value is -1.76. The van der Waals surface area contributed by atoms with E-state index in [2.05, 4.69) is 0 Å². The Balaban J connectivity index is 3.01. The van der Waals surface area contributed by atoms with E-state index >= 15 is 0 Å². The molecule has 20 heavy (non-hydrogen) atoms. The van der Waals surface area contributed by atoms with Crippen molar-refractivity contribution in [3.8, 4) is 5.75 Å². The van der Waals surface area contributed by atoms with Gasteiger partial charge in [-0.25, -0.2) is 0 Å². The summed E-state index contributed by atoms with van der Waals surface area (Å²) in [5.41, 5.74) is -0.384. The van der Waals surface area contributed by atoms with Crippen molar-refractivity contribution in [2.24, 2.45) is 0 Å². The Morgan fingerprint density at radius 2 is 2.20 bits per heavy atom. The van der Waals surface area contributed by atoms with E-state index in [0.717, 1.165) is 24.3 Å². The van der Waals surface area contributed by atoms with E-state index in [9.17, 15) is 20.0 Å². The molecule has 0 spiro atoms. The van der Waals surface area contributed by atoms with E-state index in [-0.39, 0.29) is 23.0 Å². The quantitative estimate of drug-likeness (QED) is 0.644. The van der Waals surface area contributed by atoms with Crippen LogP contribution in [0, 0.1) is 10.1 Å². The number of carbonyl (C=O) groups is 1. The molecule has 110 valence electrons. The second kappa shape index (κ2) is 7.14. The van der Waals surface area contributed by atoms with Gasteiger partial charge in [0.2, 0.25) is 0 Å². The molecule has 1 unspecified atom stereocenters. The van der Waals surface area contributed by atoms with Crippen molar-refractivity contribution < 1.29 is 14.8 Å². The molecular formula is C13H18N2O4S. The maximum Gasteiger partial charge on any atom is 0.282 e. The molecule has 0 heterocycles. The first-order valence-corrected chi connectivity index (χ1v) is 7.51. The fraction of sp³-hybridized carbons (Fsp3) is 0.462. The number of nitro groups is 1. The summed E-state index contributed by atoms with van der Waals surface area (Å²) in [6.45, 7) is 1.89. The molecule has 0 aliphatic rings. The number of phenols is 1. The minimum atomic E-state index is -0.618. The molecule has 0 bridgehead atoms. The van der Waals surface area contributed by atoms with Crippen molar-refractivity contribution in [1.82, 2.24) is 4.90 Å². The van der Waals surface area contributed by atoms with Crippen LogP contribution < -0.4 is 0 Å². The Kier molecular flexibility index (Phi) is 5.82. The Labute approximate surface area is 121 Å². The van der Waals surface area contributed by atoms with Gasteiger partial charge in [0.15, 0.2) is 0 Å². The average Bonchev–Trinajstić information content (AvgIpc) is 2.42. The summed E-state index contributed by atoms with van der Waals surface area (Å²) in [7, 11) is 1.61. The van der Waals surface area contributed by atoms with Crippen LogP contribution in [-0.4, -0.2) is 45.9 Å². The van der Waals surface area contributed by atoms with Gasteiger partial charge in [-0.3, -0.25) is 14.9 Å². The molecular weight excluding hydrogens is 280 g/mol. The maximum absolute atomic E-state index is 12.3. The summed E-state index contributed by atoms with van der Waals surface area (Å²) in [4.78, 5) is 24.1. The second-order valence-electron chi connectivity index (χ2n) is 4.51. The van der Waals surface area contributed by atoms with E-state index in [1.54, 1.807) is 18.8 Å². The number of phenolic OH excluding ortho intramolecular Hbond substituents is 1. The standard InChI is InChI=1S/C13H18N2O4S/c1-9(6-7-20-3)14(2)13(17)11-8-10(16)4-5-12(11)15(18)19/h4-5,8-9,16H,6-7H2,1-3H3. The highest BCUT2D eigenvalue weighted by Crippen LogP contribution is 2.25. The van der Waals surface area contributed by atoms with Crippen LogP contribution in [0.2, 0.25) is 0 Å². The number of benzene rings is 1. The predicted molar refractivity (Wildman–Crippen MR) is 79.3 cm³/mol. The summed E-state index contributed by atoms with van der Waals surface area (Å²) < 4.78 is 0. The van der Waals surface area contributed by atoms with Crippen molar-refractivity contribution in [1.29, 1.82) is 0 Å². The molecule has 0 fully saturated rings. The molecule has 0 radical (unpaired) electrons. The molecule has 0 aliphatic heterocycles. The fourth-order valence-corrected chi connectivity index (χ4v) is 2.30. The van der Waals surface area contributed by atoms with Crippen LogP contribution in [0.15, 0.2) is 18.2 Å². The van der Waals surface area contributed by atoms with Gasteiger partial charge in [0.05, 0.1) is 4.92 Å². The SMILES string of the molecule is CSCCC(C)N(C)C(=O)c1cc(O)ccc1[N+](=O)[O-]. The van der Waals surface area contributed by atoms with Gasteiger partial charge in [0.1, 0.15) is 11.3 Å². The minimum Gasteiger partial charge on any atom is -0.508 e. The van der Waals surface area contributed by atoms with E-state index in [4.69, 9.17) is 0 Å². The average molecular weight is 298 g/mol. The lowest BCUT2D eigenvalue weighted by molar-refractivity contribution is -0.385. The van der Waals surface area contributed by atoms with Crippen LogP contribution in [0.25, 0.3) is 0 Å². The van der Waals surface area contributed by atoms with Crippen LogP contribution in [-0.2, 0) is 0 Å². The van der Waals surface area contributed by atoms with Crippen LogP contribution >= 0.6 is 11.8 Å². The third kappa shape index (κ3) is 3.86. The van der Waals surface area contributed by atoms with Crippen molar-refractivity contribution in [2.45, 2.75) is 19.4 Å². The van der Waals surface area contributed by atoms with Gasteiger partial charge < -0.3 is 10.0 Å². The van der Waals surface area contributed by atoms with E-state index in [1.165, 1.54) is 11.0 Å². The van der Waals surface area contributed by atoms with Gasteiger partial charge in [0, 0.05) is 19.2 Å². The zero-order valence-electron chi connectivity index (χ0n) is 11.7. The maximum atomic E-state index is 12.3. The molecule has 6 nitrogen and oxygen atoms in total. The van der Waals surface area contributed by atoms with Crippen molar-refractivity contribution in [3.05, 3.63) is 33.9 Å². The smallest absolute Gasteiger partial charge is 0.282 e. The number of nitro benzene ring substituents is 1. The topological polar surface area (TPSA) is 83.7 Å². The number of amides is 1. The van der Waals surface area contributed by atoms with Gasteiger partial charge in [0.25, 0.3) is 11.6 Å². The summed E-state index contributed by atoms with van der Waals surface area (Å²) >= 11 is 1.68. The molecule has 1 atom stereocenters. The molecule has 1 N–H and O–H groups in total. The van der Waals surface area contributed by atoms with Crippen LogP contribution in [0.1, 0.15) is 23.7 Å². The highest BCUT2D eigenvalue weighted by molar-refractivity contribution is 7.98. The zero-order chi connectivity index (χ0) is 15.3. The summed E-state index contributed by atoms with van der Waals surface area (Å²) in [6, 6.07) is 3.45. The Bertz CT molecular complexity index is 507. The number of nitrogens with zero attached hydrogens (tertiary/aromatic N) is 2. The van der Waals surface area contributed by atoms with Gasteiger partial charge in [-0.15, -0.1) is 0 Å². The largest absolute Gasteiger partial charge is 0.508 e. The van der Waals surface area contributed by atoms with Crippen molar-refractivity contribution in [3.63, 3.8) is 0 Å². The zero-order valence-corrected chi connectivity index (χ0v) is 12.5. The normalized spacial score (nSPS) is 11.9. The molecule has 0 saturated carbocycles. The first kappa shape index (κ1) is 16.3. The molecule has 1 aromatic rings. The molecule has 1 amide bonds. The first-order chi connectivity index (χ1) is 9.38. The predicted octanol–water partition coefficient (Wildman–Crippen LogP) is 2.51. The van der Waals surface area contributed by atoms with Crippen LogP contribution in [0.3, 0.4) is 0 Å². The highest BCUT2D eigenvalue weighted by atomic mass is 32.2. The fourth-order valence-electron chi connectivity index (χ4n) is 1.73. The number of aromatic hydroxyl groups is 1. The van der Waals surface area contributed by atoms with E-state index in [1.807, 2.05) is 13.2 Å². The van der Waals surface area contributed by atoms with E-state index < -0.39 is 10.8 Å². The number of hydrogen-bond donors (Lipinski definition) is 1. The lowest BCUT2D eigenvalue weighted by Gasteiger charge is -2.24. The van der Waals surface area contributed by atoms with Gasteiger partial charge in [-0.05, 0) is 37.5 Å². The van der Waals surface area contributed by atoms with Crippen LogP contribution in [0.5, 0.6) is 5.75 Å². The van der Waals surface area contributed by atoms with Gasteiger partial charge >= 0.3 is 0 Å². The third-order valence-corrected chi connectivity index (χ3v) is 3.77. The summed E-state index contributed by atoms with van der Waals surface area (Å²) in [5, 5.41) is 20.4. The van der Waals surface area contributed by atoms with Gasteiger partial charge in [-0.2, -0.15) is 11.8 Å². The minimum absolute atomic E-state index is 0.0306.